The van der Waals surface area contributed by atoms with Gasteiger partial charge in [-0.15, -0.1) is 0 Å². The second-order valence-electron chi connectivity index (χ2n) is 22.0. The topological polar surface area (TPSA) is 335 Å². The van der Waals surface area contributed by atoms with E-state index >= 15 is 0 Å². The number of carbonyl (C=O) groups excluding carboxylic acids is 1. The first kappa shape index (κ1) is 51.8. The molecule has 0 amide bonds. The van der Waals surface area contributed by atoms with Crippen LogP contribution in [0.3, 0.4) is 0 Å². The minimum atomic E-state index is -1.81. The van der Waals surface area contributed by atoms with Crippen LogP contribution in [0.25, 0.3) is 0 Å². The van der Waals surface area contributed by atoms with Crippen LogP contribution in [0.15, 0.2) is 0 Å². The molecule has 26 atom stereocenters. The molecule has 7 fully saturated rings. The Morgan fingerprint density at radius 1 is 0.631 bits per heavy atom. The van der Waals surface area contributed by atoms with E-state index in [4.69, 9.17) is 28.4 Å². The number of aliphatic hydroxyl groups is 13. The highest BCUT2D eigenvalue weighted by Gasteiger charge is 2.72. The monoisotopic (exact) mass is 936 g/mol. The second kappa shape index (κ2) is 18.9. The summed E-state index contributed by atoms with van der Waals surface area (Å²) in [4.78, 5) is 11.9. The van der Waals surface area contributed by atoms with Gasteiger partial charge in [-0.1, -0.05) is 34.6 Å². The fourth-order valence-electron chi connectivity index (χ4n) is 14.6. The summed E-state index contributed by atoms with van der Waals surface area (Å²) >= 11 is 0. The van der Waals surface area contributed by atoms with E-state index in [1.165, 1.54) is 0 Å². The molecule has 376 valence electrons. The van der Waals surface area contributed by atoms with Crippen LogP contribution in [0.4, 0.5) is 0 Å². The third-order valence-electron chi connectivity index (χ3n) is 18.4. The van der Waals surface area contributed by atoms with Crippen LogP contribution < -0.4 is 0 Å². The highest BCUT2D eigenvalue weighted by molar-refractivity contribution is 5.55. The quantitative estimate of drug-likeness (QED) is 0.0654. The van der Waals surface area contributed by atoms with E-state index in [-0.39, 0.29) is 29.1 Å². The number of hydrogen-bond acceptors (Lipinski definition) is 20. The molecule has 26 unspecified atom stereocenters. The molecule has 4 aliphatic carbocycles. The van der Waals surface area contributed by atoms with Gasteiger partial charge in [-0.2, -0.15) is 0 Å². The summed E-state index contributed by atoms with van der Waals surface area (Å²) in [5.41, 5.74) is -3.12. The summed E-state index contributed by atoms with van der Waals surface area (Å²) < 4.78 is 36.6. The van der Waals surface area contributed by atoms with Gasteiger partial charge in [0.05, 0.1) is 37.6 Å². The first-order valence-corrected chi connectivity index (χ1v) is 23.4. The number of ether oxygens (including phenoxy) is 6. The number of aldehydes is 1. The Labute approximate surface area is 379 Å². The summed E-state index contributed by atoms with van der Waals surface area (Å²) in [7, 11) is 0. The Morgan fingerprint density at radius 3 is 1.72 bits per heavy atom. The van der Waals surface area contributed by atoms with Crippen molar-refractivity contribution in [1.82, 2.24) is 0 Å². The normalized spacial score (nSPS) is 53.6. The van der Waals surface area contributed by atoms with E-state index in [0.29, 0.717) is 38.4 Å². The Morgan fingerprint density at radius 2 is 1.15 bits per heavy atom. The molecule has 20 nitrogen and oxygen atoms in total. The lowest BCUT2D eigenvalue weighted by Gasteiger charge is -2.71. The average molecular weight is 937 g/mol. The van der Waals surface area contributed by atoms with E-state index in [1.807, 2.05) is 0 Å². The van der Waals surface area contributed by atoms with E-state index in [2.05, 4.69) is 34.6 Å². The zero-order valence-electron chi connectivity index (χ0n) is 38.2. The molecular formula is C45H76O20. The Kier molecular flexibility index (Phi) is 15.1. The molecule has 3 aliphatic heterocycles. The average Bonchev–Trinajstić information content (AvgIpc) is 3.65. The van der Waals surface area contributed by atoms with Crippen LogP contribution in [0.1, 0.15) is 92.9 Å². The summed E-state index contributed by atoms with van der Waals surface area (Å²) in [5, 5.41) is 139. The Hall–Kier alpha value is -1.09. The minimum Gasteiger partial charge on any atom is -0.394 e. The molecule has 4 saturated carbocycles. The molecule has 65 heavy (non-hydrogen) atoms. The van der Waals surface area contributed by atoms with Crippen LogP contribution >= 0.6 is 0 Å². The summed E-state index contributed by atoms with van der Waals surface area (Å²) in [6.45, 7) is 10.6. The zero-order valence-corrected chi connectivity index (χ0v) is 38.2. The molecule has 0 aromatic heterocycles. The van der Waals surface area contributed by atoms with Crippen LogP contribution in [0, 0.1) is 45.3 Å². The second-order valence-corrected chi connectivity index (χ2v) is 22.0. The van der Waals surface area contributed by atoms with Crippen LogP contribution in [0.5, 0.6) is 0 Å². The maximum absolute atomic E-state index is 12.5. The van der Waals surface area contributed by atoms with Crippen molar-refractivity contribution in [1.29, 1.82) is 0 Å². The van der Waals surface area contributed by atoms with Gasteiger partial charge in [0.25, 0.3) is 0 Å². The maximum atomic E-state index is 12.5. The van der Waals surface area contributed by atoms with Gasteiger partial charge in [0.1, 0.15) is 85.6 Å². The van der Waals surface area contributed by atoms with E-state index < -0.39 is 159 Å². The van der Waals surface area contributed by atoms with Gasteiger partial charge < -0.3 is 99.6 Å². The van der Waals surface area contributed by atoms with Gasteiger partial charge in [-0.05, 0) is 97.2 Å². The van der Waals surface area contributed by atoms with Gasteiger partial charge in [0, 0.05) is 6.42 Å². The number of rotatable bonds is 13. The fraction of sp³-hybridized carbons (Fsp3) is 0.978. The molecule has 13 N–H and O–H groups in total. The van der Waals surface area contributed by atoms with Crippen LogP contribution in [-0.2, 0) is 33.2 Å². The summed E-state index contributed by atoms with van der Waals surface area (Å²) in [6, 6.07) is 0. The zero-order chi connectivity index (χ0) is 47.9. The van der Waals surface area contributed by atoms with Gasteiger partial charge >= 0.3 is 0 Å². The molecule has 7 rings (SSSR count). The van der Waals surface area contributed by atoms with Crippen molar-refractivity contribution in [2.24, 2.45) is 45.3 Å². The van der Waals surface area contributed by atoms with Gasteiger partial charge in [-0.3, -0.25) is 0 Å². The summed E-state index contributed by atoms with van der Waals surface area (Å²) in [6.07, 6.45) is -22.0. The molecule has 20 heteroatoms. The van der Waals surface area contributed by atoms with Crippen molar-refractivity contribution in [3.8, 4) is 0 Å². The van der Waals surface area contributed by atoms with Gasteiger partial charge in [0.15, 0.2) is 18.9 Å². The SMILES string of the molecule is CC(CC(O)C=O)(OC1OC(CO)C(O)C(O)C1O)C1CCC2(C)C1C(O)CC1C3(C)CCC(OC4OC(CO)C(O)C(O)C4OC4OC(CO)C(O)C(O)C4O)C(C)(C)C3CCC12C. The highest BCUT2D eigenvalue weighted by Crippen LogP contribution is 2.76. The molecule has 3 saturated heterocycles. The van der Waals surface area contributed by atoms with Gasteiger partial charge in [-0.25, -0.2) is 0 Å². The summed E-state index contributed by atoms with van der Waals surface area (Å²) in [5.74, 6) is -0.822. The number of hydrogen-bond donors (Lipinski definition) is 13. The van der Waals surface area contributed by atoms with Crippen molar-refractivity contribution >= 4 is 6.29 Å². The standard InChI is InChI=1S/C45H76O20/c1-41(2)25-8-12-43(4)26(13-21(51)28-20(7-11-44(28,43)5)45(6,14-19(50)15-46)65-39-36(59)33(56)30(53)23(17-48)61-39)42(25,3)10-9-27(41)63-40-37(34(57)31(54)24(18-49)62-40)64-38-35(58)32(55)29(52)22(16-47)60-38/h15,19-40,47-59H,7-14,16-18H2,1-6H3. The van der Waals surface area contributed by atoms with Crippen LogP contribution in [0.2, 0.25) is 0 Å². The van der Waals surface area contributed by atoms with E-state index in [0.717, 1.165) is 12.8 Å². The van der Waals surface area contributed by atoms with Crippen molar-refractivity contribution in [3.63, 3.8) is 0 Å². The van der Waals surface area contributed by atoms with Crippen molar-refractivity contribution in [3.05, 3.63) is 0 Å². The predicted octanol–water partition coefficient (Wildman–Crippen LogP) is -2.82. The molecule has 0 aromatic carbocycles. The smallest absolute Gasteiger partial charge is 0.187 e. The maximum Gasteiger partial charge on any atom is 0.187 e. The van der Waals surface area contributed by atoms with E-state index in [9.17, 15) is 71.2 Å². The number of carbonyl (C=O) groups is 1. The lowest BCUT2D eigenvalue weighted by atomic mass is 9.35. The molecular weight excluding hydrogens is 860 g/mol. The van der Waals surface area contributed by atoms with Crippen molar-refractivity contribution in [2.75, 3.05) is 19.8 Å². The lowest BCUT2D eigenvalue weighted by molar-refractivity contribution is -0.378. The van der Waals surface area contributed by atoms with Gasteiger partial charge in [0.2, 0.25) is 0 Å². The van der Waals surface area contributed by atoms with Crippen molar-refractivity contribution < 1.29 is 99.6 Å². The molecule has 0 aromatic rings. The first-order chi connectivity index (χ1) is 30.4. The molecule has 0 radical (unpaired) electrons. The van der Waals surface area contributed by atoms with Crippen molar-refractivity contribution in [2.45, 2.75) is 209 Å². The third kappa shape index (κ3) is 8.48. The lowest BCUT2D eigenvalue weighted by Crippen LogP contribution is -2.68. The van der Waals surface area contributed by atoms with E-state index in [1.54, 1.807) is 6.92 Å². The Bertz CT molecular complexity index is 1640. The third-order valence-corrected chi connectivity index (χ3v) is 18.4. The number of fused-ring (bicyclic) bond motifs is 5. The fourth-order valence-corrected chi connectivity index (χ4v) is 14.6. The molecule has 3 heterocycles. The first-order valence-electron chi connectivity index (χ1n) is 23.4. The van der Waals surface area contributed by atoms with Crippen LogP contribution in [-0.4, -0.2) is 209 Å². The highest BCUT2D eigenvalue weighted by atomic mass is 16.8. The minimum absolute atomic E-state index is 0.00565. The largest absolute Gasteiger partial charge is 0.394 e. The molecule has 0 bridgehead atoms. The molecule has 0 spiro atoms. The molecule has 7 aliphatic rings. The predicted molar refractivity (Wildman–Crippen MR) is 222 cm³/mol. The Balaban J connectivity index is 1.13. The number of aliphatic hydroxyl groups excluding tert-OH is 13.